The van der Waals surface area contributed by atoms with Gasteiger partial charge in [0.05, 0.1) is 11.3 Å². The Morgan fingerprint density at radius 1 is 1.38 bits per heavy atom. The Labute approximate surface area is 129 Å². The highest BCUT2D eigenvalue weighted by atomic mass is 32.2. The molecule has 0 saturated carbocycles. The second kappa shape index (κ2) is 7.58. The molecule has 114 valence electrons. The molecule has 1 aliphatic rings. The summed E-state index contributed by atoms with van der Waals surface area (Å²) in [5.41, 5.74) is 2.82. The van der Waals surface area contributed by atoms with Crippen LogP contribution in [0.3, 0.4) is 0 Å². The Hall–Kier alpha value is -1.38. The molecule has 1 fully saturated rings. The van der Waals surface area contributed by atoms with E-state index in [9.17, 15) is 9.47 Å². The third kappa shape index (κ3) is 4.55. The highest BCUT2D eigenvalue weighted by Crippen LogP contribution is 2.23. The third-order valence-corrected chi connectivity index (χ3v) is 4.86. The molecular formula is C16H23N3OS. The number of nitriles is 1. The van der Waals surface area contributed by atoms with Crippen molar-refractivity contribution in [3.8, 4) is 6.07 Å². The van der Waals surface area contributed by atoms with Crippen LogP contribution in [-0.2, 0) is 17.3 Å². The summed E-state index contributed by atoms with van der Waals surface area (Å²) in [6, 6.07) is 8.37. The zero-order valence-corrected chi connectivity index (χ0v) is 13.6. The quantitative estimate of drug-likeness (QED) is 0.902. The maximum atomic E-state index is 11.4. The van der Waals surface area contributed by atoms with E-state index < -0.39 is 10.8 Å². The minimum absolute atomic E-state index is 0.619. The van der Waals surface area contributed by atoms with Crippen molar-refractivity contribution in [1.82, 2.24) is 5.32 Å². The smallest absolute Gasteiger partial charge is 0.101 e. The van der Waals surface area contributed by atoms with Crippen molar-refractivity contribution < 1.29 is 4.21 Å². The molecule has 2 rings (SSSR count). The Kier molecular flexibility index (Phi) is 5.77. The highest BCUT2D eigenvalue weighted by molar-refractivity contribution is 7.85. The molecule has 0 bridgehead atoms. The van der Waals surface area contributed by atoms with Gasteiger partial charge < -0.3 is 10.2 Å². The zero-order chi connectivity index (χ0) is 15.2. The fourth-order valence-electron chi connectivity index (χ4n) is 2.44. The van der Waals surface area contributed by atoms with Crippen molar-refractivity contribution in [3.63, 3.8) is 0 Å². The fraction of sp³-hybridized carbons (Fsp3) is 0.562. The number of benzene rings is 1. The minimum Gasteiger partial charge on any atom is -0.369 e. The molecule has 0 atom stereocenters. The number of anilines is 1. The van der Waals surface area contributed by atoms with Crippen molar-refractivity contribution >= 4 is 16.5 Å². The molecular weight excluding hydrogens is 282 g/mol. The maximum absolute atomic E-state index is 11.4. The van der Waals surface area contributed by atoms with Crippen LogP contribution in [0.15, 0.2) is 18.2 Å². The normalized spacial score (nSPS) is 16.2. The van der Waals surface area contributed by atoms with Gasteiger partial charge in [-0.05, 0) is 30.2 Å². The molecule has 0 spiro atoms. The monoisotopic (exact) mass is 305 g/mol. The van der Waals surface area contributed by atoms with Gasteiger partial charge in [-0.25, -0.2) is 0 Å². The minimum atomic E-state index is -0.691. The first-order valence-electron chi connectivity index (χ1n) is 7.44. The van der Waals surface area contributed by atoms with E-state index in [1.165, 1.54) is 0 Å². The first-order valence-corrected chi connectivity index (χ1v) is 8.92. The summed E-state index contributed by atoms with van der Waals surface area (Å²) in [5.74, 6) is 2.01. The fourth-order valence-corrected chi connectivity index (χ4v) is 3.49. The average molecular weight is 305 g/mol. The topological polar surface area (TPSA) is 56.1 Å². The maximum Gasteiger partial charge on any atom is 0.101 e. The van der Waals surface area contributed by atoms with E-state index >= 15 is 0 Å². The molecule has 1 heterocycles. The second-order valence-electron chi connectivity index (χ2n) is 5.82. The van der Waals surface area contributed by atoms with Gasteiger partial charge in [-0.2, -0.15) is 5.26 Å². The third-order valence-electron chi connectivity index (χ3n) is 3.58. The first-order chi connectivity index (χ1) is 10.1. The van der Waals surface area contributed by atoms with E-state index in [0.29, 0.717) is 23.0 Å². The molecule has 1 saturated heterocycles. The van der Waals surface area contributed by atoms with Crippen LogP contribution in [0.2, 0.25) is 0 Å². The van der Waals surface area contributed by atoms with Gasteiger partial charge in [0.1, 0.15) is 6.07 Å². The van der Waals surface area contributed by atoms with Crippen LogP contribution >= 0.6 is 0 Å². The summed E-state index contributed by atoms with van der Waals surface area (Å²) in [6.45, 7) is 7.66. The van der Waals surface area contributed by atoms with Crippen molar-refractivity contribution in [2.45, 2.75) is 20.4 Å². The molecule has 1 aromatic carbocycles. The van der Waals surface area contributed by atoms with Gasteiger partial charge in [0.25, 0.3) is 0 Å². The summed E-state index contributed by atoms with van der Waals surface area (Å²) < 4.78 is 11.4. The molecule has 0 aliphatic carbocycles. The molecule has 1 N–H and O–H groups in total. The number of hydrogen-bond acceptors (Lipinski definition) is 4. The second-order valence-corrected chi connectivity index (χ2v) is 7.52. The van der Waals surface area contributed by atoms with Crippen LogP contribution in [0.1, 0.15) is 25.0 Å². The Morgan fingerprint density at radius 2 is 2.10 bits per heavy atom. The van der Waals surface area contributed by atoms with Crippen LogP contribution < -0.4 is 10.2 Å². The van der Waals surface area contributed by atoms with E-state index in [2.05, 4.69) is 36.2 Å². The predicted molar refractivity (Wildman–Crippen MR) is 87.8 cm³/mol. The molecule has 1 aromatic rings. The summed E-state index contributed by atoms with van der Waals surface area (Å²) in [4.78, 5) is 2.17. The van der Waals surface area contributed by atoms with E-state index in [0.717, 1.165) is 37.4 Å². The molecule has 4 nitrogen and oxygen atoms in total. The van der Waals surface area contributed by atoms with Crippen molar-refractivity contribution in [1.29, 1.82) is 5.26 Å². The Morgan fingerprint density at radius 3 is 2.71 bits per heavy atom. The van der Waals surface area contributed by atoms with Gasteiger partial charge in [0.15, 0.2) is 0 Å². The zero-order valence-electron chi connectivity index (χ0n) is 12.8. The van der Waals surface area contributed by atoms with Crippen molar-refractivity contribution in [2.75, 3.05) is 36.0 Å². The highest BCUT2D eigenvalue weighted by Gasteiger charge is 2.18. The van der Waals surface area contributed by atoms with Crippen LogP contribution in [0.25, 0.3) is 0 Å². The van der Waals surface area contributed by atoms with Crippen LogP contribution in [0, 0.1) is 17.2 Å². The summed E-state index contributed by atoms with van der Waals surface area (Å²) in [7, 11) is -0.691. The lowest BCUT2D eigenvalue weighted by molar-refractivity contribution is 0.552. The molecule has 5 heteroatoms. The van der Waals surface area contributed by atoms with E-state index in [1.807, 2.05) is 12.1 Å². The van der Waals surface area contributed by atoms with E-state index in [4.69, 9.17) is 0 Å². The van der Waals surface area contributed by atoms with Crippen LogP contribution in [-0.4, -0.2) is 35.3 Å². The molecule has 1 aliphatic heterocycles. The number of nitrogens with zero attached hydrogens (tertiary/aromatic N) is 2. The van der Waals surface area contributed by atoms with Crippen LogP contribution in [0.4, 0.5) is 5.69 Å². The summed E-state index contributed by atoms with van der Waals surface area (Å²) >= 11 is 0. The number of rotatable bonds is 5. The van der Waals surface area contributed by atoms with Gasteiger partial charge in [0.2, 0.25) is 0 Å². The first kappa shape index (κ1) is 16.0. The lowest BCUT2D eigenvalue weighted by atomic mass is 10.1. The standard InChI is InChI=1S/C16H23N3OS/c1-13(2)11-18-12-14-3-4-16(15(9-14)10-17)19-5-7-21(20)8-6-19/h3-4,9,13,18H,5-8,11-12H2,1-2H3. The Bertz CT molecular complexity index is 541. The summed E-state index contributed by atoms with van der Waals surface area (Å²) in [5, 5.41) is 12.8. The molecule has 0 aromatic heterocycles. The molecule has 0 radical (unpaired) electrons. The molecule has 0 amide bonds. The van der Waals surface area contributed by atoms with Gasteiger partial charge in [-0.3, -0.25) is 4.21 Å². The largest absolute Gasteiger partial charge is 0.369 e. The van der Waals surface area contributed by atoms with Gasteiger partial charge in [-0.15, -0.1) is 0 Å². The molecule has 21 heavy (non-hydrogen) atoms. The predicted octanol–water partition coefficient (Wildman–Crippen LogP) is 1.87. The van der Waals surface area contributed by atoms with Crippen molar-refractivity contribution in [3.05, 3.63) is 29.3 Å². The number of hydrogen-bond donors (Lipinski definition) is 1. The van der Waals surface area contributed by atoms with Crippen LogP contribution in [0.5, 0.6) is 0 Å². The van der Waals surface area contributed by atoms with E-state index in [-0.39, 0.29) is 0 Å². The van der Waals surface area contributed by atoms with Crippen molar-refractivity contribution in [2.24, 2.45) is 5.92 Å². The SMILES string of the molecule is CC(C)CNCc1ccc(N2CCS(=O)CC2)c(C#N)c1. The lowest BCUT2D eigenvalue weighted by Crippen LogP contribution is -2.38. The Balaban J connectivity index is 2.06. The lowest BCUT2D eigenvalue weighted by Gasteiger charge is -2.29. The van der Waals surface area contributed by atoms with E-state index in [1.54, 1.807) is 0 Å². The number of nitrogens with one attached hydrogen (secondary N) is 1. The van der Waals surface area contributed by atoms with Gasteiger partial charge in [0, 0.05) is 41.9 Å². The average Bonchev–Trinajstić information content (AvgIpc) is 2.48. The van der Waals surface area contributed by atoms with Gasteiger partial charge in [-0.1, -0.05) is 19.9 Å². The molecule has 0 unspecified atom stereocenters. The summed E-state index contributed by atoms with van der Waals surface area (Å²) in [6.07, 6.45) is 0. The van der Waals surface area contributed by atoms with Gasteiger partial charge >= 0.3 is 0 Å².